The molecular formula is C20H36N2O3SSi. The lowest BCUT2D eigenvalue weighted by Gasteiger charge is -2.39. The second-order valence-corrected chi connectivity index (χ2v) is 16.3. The van der Waals surface area contributed by atoms with Gasteiger partial charge in [0.1, 0.15) is 5.25 Å². The van der Waals surface area contributed by atoms with E-state index in [1.165, 1.54) is 0 Å². The van der Waals surface area contributed by atoms with Gasteiger partial charge in [-0.15, -0.1) is 6.58 Å². The number of hydrogen-bond donors (Lipinski definition) is 1. The molecule has 0 radical (unpaired) electrons. The van der Waals surface area contributed by atoms with Crippen LogP contribution in [-0.4, -0.2) is 58.6 Å². The Morgan fingerprint density at radius 1 is 1.33 bits per heavy atom. The molecule has 2 rings (SSSR count). The van der Waals surface area contributed by atoms with Gasteiger partial charge in [-0.3, -0.25) is 0 Å². The Labute approximate surface area is 166 Å². The monoisotopic (exact) mass is 412 g/mol. The highest BCUT2D eigenvalue weighted by atomic mass is 32.2. The van der Waals surface area contributed by atoms with Crippen LogP contribution >= 0.6 is 0 Å². The Morgan fingerprint density at radius 2 is 1.93 bits per heavy atom. The summed E-state index contributed by atoms with van der Waals surface area (Å²) in [4.78, 5) is 0. The molecule has 1 unspecified atom stereocenters. The number of nitrogens with one attached hydrogen (secondary N) is 1. The second kappa shape index (κ2) is 7.95. The fourth-order valence-electron chi connectivity index (χ4n) is 2.89. The molecule has 154 valence electrons. The third-order valence-corrected chi connectivity index (χ3v) is 12.7. The molecule has 2 aliphatic rings. The molecule has 1 heterocycles. The van der Waals surface area contributed by atoms with Gasteiger partial charge in [0.25, 0.3) is 0 Å². The van der Waals surface area contributed by atoms with Crippen LogP contribution in [-0.2, 0) is 14.4 Å². The van der Waals surface area contributed by atoms with E-state index >= 15 is 0 Å². The Morgan fingerprint density at radius 3 is 2.44 bits per heavy atom. The van der Waals surface area contributed by atoms with E-state index in [1.54, 1.807) is 16.5 Å². The molecule has 1 atom stereocenters. The lowest BCUT2D eigenvalue weighted by molar-refractivity contribution is 0.197. The van der Waals surface area contributed by atoms with Crippen LogP contribution in [0, 0.1) is 5.41 Å². The molecule has 27 heavy (non-hydrogen) atoms. The summed E-state index contributed by atoms with van der Waals surface area (Å²) >= 11 is 0. The van der Waals surface area contributed by atoms with E-state index < -0.39 is 23.6 Å². The summed E-state index contributed by atoms with van der Waals surface area (Å²) in [7, 11) is -5.27. The SMILES string of the molecule is C=CC1(C)C=CC(S(=O)(=O)N2CCNC(CO[Si](C)(C)C(C)(C)C)C2)C=C1. The van der Waals surface area contributed by atoms with Crippen molar-refractivity contribution in [1.82, 2.24) is 9.62 Å². The zero-order valence-corrected chi connectivity index (χ0v) is 19.5. The number of rotatable bonds is 6. The van der Waals surface area contributed by atoms with Crippen LogP contribution in [0.25, 0.3) is 0 Å². The second-order valence-electron chi connectivity index (χ2n) is 9.38. The first-order valence-corrected chi connectivity index (χ1v) is 14.1. The molecule has 1 N–H and O–H groups in total. The molecule has 0 bridgehead atoms. The predicted molar refractivity (Wildman–Crippen MR) is 116 cm³/mol. The Kier molecular flexibility index (Phi) is 6.64. The molecule has 1 aliphatic carbocycles. The minimum atomic E-state index is -3.42. The average molecular weight is 413 g/mol. The van der Waals surface area contributed by atoms with Crippen molar-refractivity contribution in [2.45, 2.75) is 57.1 Å². The smallest absolute Gasteiger partial charge is 0.224 e. The van der Waals surface area contributed by atoms with Gasteiger partial charge in [-0.1, -0.05) is 51.2 Å². The summed E-state index contributed by atoms with van der Waals surface area (Å²) in [5.41, 5.74) is -0.269. The van der Waals surface area contributed by atoms with Crippen molar-refractivity contribution in [2.75, 3.05) is 26.2 Å². The van der Waals surface area contributed by atoms with E-state index in [2.05, 4.69) is 45.8 Å². The summed E-state index contributed by atoms with van der Waals surface area (Å²) in [6.45, 7) is 19.0. The normalized spacial score (nSPS) is 30.4. The van der Waals surface area contributed by atoms with E-state index in [-0.39, 0.29) is 16.5 Å². The standard InChI is InChI=1S/C20H36N2O3SSi/c1-8-20(5)11-9-18(10-12-20)26(23,24)22-14-13-21-17(15-22)16-25-27(6,7)19(2,3)4/h8-12,17-18,21H,1,13-16H2,2-7H3. The quantitative estimate of drug-likeness (QED) is 0.537. The van der Waals surface area contributed by atoms with Crippen LogP contribution < -0.4 is 5.32 Å². The Bertz CT molecular complexity index is 693. The van der Waals surface area contributed by atoms with E-state index in [0.717, 1.165) is 0 Å². The number of allylic oxidation sites excluding steroid dienone is 3. The molecule has 0 aromatic rings. The predicted octanol–water partition coefficient (Wildman–Crippen LogP) is 3.30. The number of hydrogen-bond acceptors (Lipinski definition) is 4. The summed E-state index contributed by atoms with van der Waals surface area (Å²) in [5.74, 6) is 0. The first-order chi connectivity index (χ1) is 12.3. The third kappa shape index (κ3) is 5.20. The van der Waals surface area contributed by atoms with Gasteiger partial charge in [-0.25, -0.2) is 8.42 Å². The molecule has 5 nitrogen and oxygen atoms in total. The Hall–Kier alpha value is -0.733. The van der Waals surface area contributed by atoms with Gasteiger partial charge in [0.05, 0.1) is 6.61 Å². The van der Waals surface area contributed by atoms with Gasteiger partial charge in [0, 0.05) is 31.1 Å². The lowest BCUT2D eigenvalue weighted by Crippen LogP contribution is -2.57. The summed E-state index contributed by atoms with van der Waals surface area (Å²) in [6, 6.07) is 0.0256. The van der Waals surface area contributed by atoms with E-state index in [9.17, 15) is 8.42 Å². The fraction of sp³-hybridized carbons (Fsp3) is 0.700. The molecule has 0 saturated carbocycles. The average Bonchev–Trinajstić information content (AvgIpc) is 2.60. The molecule has 1 fully saturated rings. The number of nitrogens with zero attached hydrogens (tertiary/aromatic N) is 1. The topological polar surface area (TPSA) is 58.6 Å². The van der Waals surface area contributed by atoms with Crippen LogP contribution in [0.15, 0.2) is 37.0 Å². The molecular weight excluding hydrogens is 376 g/mol. The fourth-order valence-corrected chi connectivity index (χ4v) is 5.58. The summed E-state index contributed by atoms with van der Waals surface area (Å²) in [5, 5.41) is 2.95. The maximum atomic E-state index is 13.1. The van der Waals surface area contributed by atoms with Gasteiger partial charge in [-0.05, 0) is 25.1 Å². The number of sulfonamides is 1. The minimum absolute atomic E-state index is 0.0256. The van der Waals surface area contributed by atoms with Crippen LogP contribution in [0.4, 0.5) is 0 Å². The van der Waals surface area contributed by atoms with Crippen LogP contribution in [0.3, 0.4) is 0 Å². The highest BCUT2D eigenvalue weighted by Gasteiger charge is 2.39. The highest BCUT2D eigenvalue weighted by molar-refractivity contribution is 7.90. The van der Waals surface area contributed by atoms with Crippen molar-refractivity contribution in [1.29, 1.82) is 0 Å². The van der Waals surface area contributed by atoms with E-state index in [0.29, 0.717) is 26.2 Å². The molecule has 1 aliphatic heterocycles. The van der Waals surface area contributed by atoms with Crippen LogP contribution in [0.1, 0.15) is 27.7 Å². The van der Waals surface area contributed by atoms with Gasteiger partial charge in [0.2, 0.25) is 10.0 Å². The van der Waals surface area contributed by atoms with Crippen molar-refractivity contribution in [3.63, 3.8) is 0 Å². The van der Waals surface area contributed by atoms with Crippen molar-refractivity contribution >= 4 is 18.3 Å². The molecule has 0 spiro atoms. The van der Waals surface area contributed by atoms with E-state index in [1.807, 2.05) is 25.2 Å². The van der Waals surface area contributed by atoms with Gasteiger partial charge < -0.3 is 9.74 Å². The maximum Gasteiger partial charge on any atom is 0.224 e. The van der Waals surface area contributed by atoms with Crippen LogP contribution in [0.5, 0.6) is 0 Å². The Balaban J connectivity index is 2.02. The molecule has 7 heteroatoms. The molecule has 0 aromatic carbocycles. The third-order valence-electron chi connectivity index (χ3n) is 6.10. The van der Waals surface area contributed by atoms with Crippen molar-refractivity contribution < 1.29 is 12.8 Å². The molecule has 1 saturated heterocycles. The lowest BCUT2D eigenvalue weighted by atomic mass is 9.87. The molecule has 0 aromatic heterocycles. The molecule has 0 amide bonds. The van der Waals surface area contributed by atoms with Crippen molar-refractivity contribution in [3.8, 4) is 0 Å². The van der Waals surface area contributed by atoms with Crippen molar-refractivity contribution in [3.05, 3.63) is 37.0 Å². The van der Waals surface area contributed by atoms with Gasteiger partial charge in [0.15, 0.2) is 8.32 Å². The zero-order chi connectivity index (χ0) is 20.5. The first-order valence-electron chi connectivity index (χ1n) is 9.69. The largest absolute Gasteiger partial charge is 0.415 e. The first kappa shape index (κ1) is 22.6. The van der Waals surface area contributed by atoms with Gasteiger partial charge in [-0.2, -0.15) is 4.31 Å². The number of piperazine rings is 1. The van der Waals surface area contributed by atoms with E-state index in [4.69, 9.17) is 4.43 Å². The zero-order valence-electron chi connectivity index (χ0n) is 17.7. The maximum absolute atomic E-state index is 13.1. The highest BCUT2D eigenvalue weighted by Crippen LogP contribution is 2.36. The summed E-state index contributed by atoms with van der Waals surface area (Å²) < 4.78 is 34.1. The van der Waals surface area contributed by atoms with Crippen molar-refractivity contribution in [2.24, 2.45) is 5.41 Å². The summed E-state index contributed by atoms with van der Waals surface area (Å²) in [6.07, 6.45) is 9.22. The minimum Gasteiger partial charge on any atom is -0.415 e. The van der Waals surface area contributed by atoms with Gasteiger partial charge >= 0.3 is 0 Å². The van der Waals surface area contributed by atoms with Crippen LogP contribution in [0.2, 0.25) is 18.1 Å².